The Morgan fingerprint density at radius 2 is 1.95 bits per heavy atom. The molecule has 0 aliphatic heterocycles. The van der Waals surface area contributed by atoms with Crippen LogP contribution < -0.4 is 14.4 Å². The summed E-state index contributed by atoms with van der Waals surface area (Å²) in [5.74, 6) is 1.96. The van der Waals surface area contributed by atoms with E-state index in [-0.39, 0.29) is 12.4 Å². The van der Waals surface area contributed by atoms with Crippen molar-refractivity contribution in [2.24, 2.45) is 7.05 Å². The monoisotopic (exact) mass is 529 g/mol. The first-order chi connectivity index (χ1) is 18.9. The van der Waals surface area contributed by atoms with Gasteiger partial charge in [-0.3, -0.25) is 14.5 Å². The van der Waals surface area contributed by atoms with Gasteiger partial charge in [0.05, 0.1) is 49.5 Å². The average Bonchev–Trinajstić information content (AvgIpc) is 3.37. The molecule has 1 fully saturated rings. The van der Waals surface area contributed by atoms with Crippen molar-refractivity contribution in [1.82, 2.24) is 29.7 Å². The maximum Gasteiger partial charge on any atom is 0.307 e. The number of hydrogen-bond donors (Lipinski definition) is 0. The van der Waals surface area contributed by atoms with Crippen LogP contribution in [0.15, 0.2) is 49.1 Å². The summed E-state index contributed by atoms with van der Waals surface area (Å²) in [7, 11) is 4.83. The molecule has 39 heavy (non-hydrogen) atoms. The van der Waals surface area contributed by atoms with Crippen LogP contribution in [0.1, 0.15) is 31.4 Å². The lowest BCUT2D eigenvalue weighted by Gasteiger charge is -2.37. The van der Waals surface area contributed by atoms with Crippen LogP contribution in [0.25, 0.3) is 22.5 Å². The zero-order valence-corrected chi connectivity index (χ0v) is 22.5. The molecule has 0 bridgehead atoms. The lowest BCUT2D eigenvalue weighted by molar-refractivity contribution is -0.140. The minimum atomic E-state index is -0.259. The minimum absolute atomic E-state index is 0.259. The highest BCUT2D eigenvalue weighted by molar-refractivity contribution is 5.70. The van der Waals surface area contributed by atoms with Crippen molar-refractivity contribution in [2.75, 3.05) is 25.7 Å². The van der Waals surface area contributed by atoms with Crippen molar-refractivity contribution >= 4 is 11.9 Å². The van der Waals surface area contributed by atoms with Crippen LogP contribution in [0.5, 0.6) is 17.4 Å². The molecule has 0 N–H and O–H groups in total. The molecule has 0 radical (unpaired) electrons. The third kappa shape index (κ3) is 5.82. The van der Waals surface area contributed by atoms with Crippen molar-refractivity contribution in [3.8, 4) is 39.9 Å². The molecule has 4 aromatic heterocycles. The summed E-state index contributed by atoms with van der Waals surface area (Å²) in [5.41, 5.74) is 3.71. The van der Waals surface area contributed by atoms with Gasteiger partial charge in [-0.05, 0) is 44.4 Å². The lowest BCUT2D eigenvalue weighted by Crippen LogP contribution is -2.42. The first kappa shape index (κ1) is 26.1. The van der Waals surface area contributed by atoms with Crippen LogP contribution in [0.4, 0.5) is 5.95 Å². The Kier molecular flexibility index (Phi) is 7.67. The fraction of sp³-hybridized carbons (Fsp3) is 0.357. The van der Waals surface area contributed by atoms with Crippen molar-refractivity contribution in [1.29, 1.82) is 0 Å². The minimum Gasteiger partial charge on any atom is -0.480 e. The van der Waals surface area contributed by atoms with Gasteiger partial charge in [0.15, 0.2) is 0 Å². The largest absolute Gasteiger partial charge is 0.480 e. The molecule has 0 spiro atoms. The van der Waals surface area contributed by atoms with E-state index in [1.165, 1.54) is 7.11 Å². The van der Waals surface area contributed by atoms with Gasteiger partial charge in [-0.2, -0.15) is 10.1 Å². The maximum atomic E-state index is 11.8. The number of anilines is 1. The molecular weight excluding hydrogens is 498 g/mol. The second kappa shape index (κ2) is 11.5. The highest BCUT2D eigenvalue weighted by Crippen LogP contribution is 2.34. The highest BCUT2D eigenvalue weighted by Gasteiger charge is 2.28. The van der Waals surface area contributed by atoms with Gasteiger partial charge in [0.1, 0.15) is 11.5 Å². The SMILES string of the molecule is COC(=O)CCN(c1ncc(-c2ccc(Oc3ccnc(-c4cnn(C)c4)c3)c(C)n2)c(OC)n1)C1CCC1. The van der Waals surface area contributed by atoms with E-state index in [9.17, 15) is 4.79 Å². The molecule has 0 saturated heterocycles. The van der Waals surface area contributed by atoms with Gasteiger partial charge in [-0.15, -0.1) is 0 Å². The molecule has 1 saturated carbocycles. The summed E-state index contributed by atoms with van der Waals surface area (Å²) < 4.78 is 18.3. The van der Waals surface area contributed by atoms with Crippen LogP contribution >= 0.6 is 0 Å². The smallest absolute Gasteiger partial charge is 0.307 e. The maximum absolute atomic E-state index is 11.8. The number of nitrogens with zero attached hydrogens (tertiary/aromatic N) is 7. The predicted octanol–water partition coefficient (Wildman–Crippen LogP) is 4.37. The van der Waals surface area contributed by atoms with Gasteiger partial charge >= 0.3 is 5.97 Å². The number of carbonyl (C=O) groups excluding carboxylic acids is 1. The molecule has 0 amide bonds. The molecule has 4 heterocycles. The van der Waals surface area contributed by atoms with E-state index in [2.05, 4.69) is 20.0 Å². The number of aromatic nitrogens is 6. The van der Waals surface area contributed by atoms with Gasteiger partial charge < -0.3 is 19.1 Å². The van der Waals surface area contributed by atoms with Crippen molar-refractivity contribution in [2.45, 2.75) is 38.6 Å². The molecular formula is C28H31N7O4. The topological polar surface area (TPSA) is 117 Å². The molecule has 202 valence electrons. The Hall–Kier alpha value is -4.54. The van der Waals surface area contributed by atoms with Crippen LogP contribution in [0, 0.1) is 6.92 Å². The van der Waals surface area contributed by atoms with E-state index in [4.69, 9.17) is 24.2 Å². The Labute approximate surface area is 226 Å². The van der Waals surface area contributed by atoms with E-state index in [1.807, 2.05) is 38.4 Å². The van der Waals surface area contributed by atoms with Crippen LogP contribution in [-0.4, -0.2) is 62.5 Å². The van der Waals surface area contributed by atoms with E-state index in [0.29, 0.717) is 52.9 Å². The fourth-order valence-corrected chi connectivity index (χ4v) is 4.40. The zero-order valence-electron chi connectivity index (χ0n) is 22.5. The summed E-state index contributed by atoms with van der Waals surface area (Å²) in [6.45, 7) is 2.37. The Balaban J connectivity index is 1.36. The van der Waals surface area contributed by atoms with E-state index < -0.39 is 0 Å². The molecule has 0 aromatic carbocycles. The number of pyridine rings is 2. The summed E-state index contributed by atoms with van der Waals surface area (Å²) in [5, 5.41) is 4.21. The van der Waals surface area contributed by atoms with Crippen molar-refractivity contribution in [3.63, 3.8) is 0 Å². The third-order valence-corrected chi connectivity index (χ3v) is 6.76. The summed E-state index contributed by atoms with van der Waals surface area (Å²) in [6.07, 6.45) is 10.6. The summed E-state index contributed by atoms with van der Waals surface area (Å²) in [4.78, 5) is 32.3. The molecule has 0 unspecified atom stereocenters. The number of rotatable bonds is 10. The van der Waals surface area contributed by atoms with Gasteiger partial charge in [-0.25, -0.2) is 9.97 Å². The standard InChI is InChI=1S/C28H31N7O4/c1-18-25(39-21-10-12-29-24(14-21)19-15-31-34(2)17-19)9-8-23(32-18)22-16-30-28(33-27(22)38-4)35(20-6-5-7-20)13-11-26(36)37-3/h8-10,12,14-17,20H,5-7,11,13H2,1-4H3. The molecule has 11 heteroatoms. The van der Waals surface area contributed by atoms with Crippen LogP contribution in [0.3, 0.4) is 0 Å². The van der Waals surface area contributed by atoms with Gasteiger partial charge in [-0.1, -0.05) is 0 Å². The van der Waals surface area contributed by atoms with E-state index in [1.54, 1.807) is 36.4 Å². The third-order valence-electron chi connectivity index (χ3n) is 6.76. The number of ether oxygens (including phenoxy) is 3. The number of methoxy groups -OCH3 is 2. The zero-order chi connectivity index (χ0) is 27.4. The predicted molar refractivity (Wildman–Crippen MR) is 145 cm³/mol. The Bertz CT molecular complexity index is 1470. The molecule has 0 atom stereocenters. The lowest BCUT2D eigenvalue weighted by atomic mass is 9.91. The van der Waals surface area contributed by atoms with E-state index in [0.717, 1.165) is 30.5 Å². The van der Waals surface area contributed by atoms with Gasteiger partial charge in [0, 0.05) is 49.9 Å². The molecule has 11 nitrogen and oxygen atoms in total. The highest BCUT2D eigenvalue weighted by atomic mass is 16.5. The number of aryl methyl sites for hydroxylation is 2. The fourth-order valence-electron chi connectivity index (χ4n) is 4.40. The van der Waals surface area contributed by atoms with Gasteiger partial charge in [0.25, 0.3) is 0 Å². The first-order valence-corrected chi connectivity index (χ1v) is 12.8. The van der Waals surface area contributed by atoms with Crippen LogP contribution in [-0.2, 0) is 16.6 Å². The normalized spacial score (nSPS) is 13.0. The molecule has 1 aliphatic rings. The Morgan fingerprint density at radius 1 is 1.10 bits per heavy atom. The second-order valence-corrected chi connectivity index (χ2v) is 9.36. The van der Waals surface area contributed by atoms with Crippen molar-refractivity contribution < 1.29 is 19.0 Å². The first-order valence-electron chi connectivity index (χ1n) is 12.8. The number of hydrogen-bond acceptors (Lipinski definition) is 10. The number of carbonyl (C=O) groups is 1. The quantitative estimate of drug-likeness (QED) is 0.274. The summed E-state index contributed by atoms with van der Waals surface area (Å²) in [6, 6.07) is 7.69. The van der Waals surface area contributed by atoms with E-state index >= 15 is 0 Å². The summed E-state index contributed by atoms with van der Waals surface area (Å²) >= 11 is 0. The molecule has 5 rings (SSSR count). The Morgan fingerprint density at radius 3 is 2.62 bits per heavy atom. The average molecular weight is 530 g/mol. The number of esters is 1. The molecule has 4 aromatic rings. The van der Waals surface area contributed by atoms with Gasteiger partial charge in [0.2, 0.25) is 11.8 Å². The second-order valence-electron chi connectivity index (χ2n) is 9.36. The van der Waals surface area contributed by atoms with Crippen molar-refractivity contribution in [3.05, 3.63) is 54.7 Å². The van der Waals surface area contributed by atoms with Crippen LogP contribution in [0.2, 0.25) is 0 Å². The molecule has 1 aliphatic carbocycles.